The highest BCUT2D eigenvalue weighted by molar-refractivity contribution is 14.1. The van der Waals surface area contributed by atoms with Gasteiger partial charge in [-0.05, 0) is 71.0 Å². The standard InChI is InChI=1S/C15H12F4IN/c1-9-6-11(20)3-5-14(9)21-8-10-2-4-13(16)12(7-10)15(17,18)19/h2-7,21H,8H2,1H3. The van der Waals surface area contributed by atoms with Crippen LogP contribution in [0.5, 0.6) is 0 Å². The summed E-state index contributed by atoms with van der Waals surface area (Å²) in [5, 5.41) is 3.06. The summed E-state index contributed by atoms with van der Waals surface area (Å²) in [4.78, 5) is 0. The lowest BCUT2D eigenvalue weighted by Crippen LogP contribution is -2.10. The van der Waals surface area contributed by atoms with E-state index in [0.29, 0.717) is 5.56 Å². The first kappa shape index (κ1) is 16.1. The highest BCUT2D eigenvalue weighted by atomic mass is 127. The fourth-order valence-corrected chi connectivity index (χ4v) is 2.57. The zero-order valence-corrected chi connectivity index (χ0v) is 13.2. The third kappa shape index (κ3) is 4.09. The van der Waals surface area contributed by atoms with Gasteiger partial charge in [-0.25, -0.2) is 4.39 Å². The van der Waals surface area contributed by atoms with Crippen molar-refractivity contribution >= 4 is 28.3 Å². The number of hydrogen-bond acceptors (Lipinski definition) is 1. The predicted molar refractivity (Wildman–Crippen MR) is 82.6 cm³/mol. The molecule has 0 amide bonds. The first-order chi connectivity index (χ1) is 9.77. The number of rotatable bonds is 3. The molecule has 0 unspecified atom stereocenters. The monoisotopic (exact) mass is 409 g/mol. The maximum Gasteiger partial charge on any atom is 0.419 e. The van der Waals surface area contributed by atoms with E-state index >= 15 is 0 Å². The van der Waals surface area contributed by atoms with E-state index in [4.69, 9.17) is 0 Å². The Morgan fingerprint density at radius 3 is 2.43 bits per heavy atom. The molecule has 21 heavy (non-hydrogen) atoms. The number of anilines is 1. The Morgan fingerprint density at radius 2 is 1.81 bits per heavy atom. The van der Waals surface area contributed by atoms with Crippen LogP contribution in [0.3, 0.4) is 0 Å². The molecule has 1 N–H and O–H groups in total. The van der Waals surface area contributed by atoms with Crippen LogP contribution in [0.25, 0.3) is 0 Å². The van der Waals surface area contributed by atoms with Crippen LogP contribution in [0.15, 0.2) is 36.4 Å². The Hall–Kier alpha value is -1.31. The molecule has 112 valence electrons. The molecule has 0 fully saturated rings. The minimum Gasteiger partial charge on any atom is -0.381 e. The lowest BCUT2D eigenvalue weighted by atomic mass is 10.1. The molecule has 0 aliphatic carbocycles. The fourth-order valence-electron chi connectivity index (χ4n) is 1.92. The molecule has 0 spiro atoms. The number of aryl methyl sites for hydroxylation is 1. The van der Waals surface area contributed by atoms with Crippen LogP contribution >= 0.6 is 22.6 Å². The van der Waals surface area contributed by atoms with Crippen LogP contribution in [0.2, 0.25) is 0 Å². The predicted octanol–water partition coefficient (Wildman–Crippen LogP) is 5.37. The van der Waals surface area contributed by atoms with Gasteiger partial charge in [-0.1, -0.05) is 6.07 Å². The maximum atomic E-state index is 13.2. The Balaban J connectivity index is 2.17. The molecular weight excluding hydrogens is 397 g/mol. The van der Waals surface area contributed by atoms with Crippen LogP contribution < -0.4 is 5.32 Å². The first-order valence-electron chi connectivity index (χ1n) is 6.13. The van der Waals surface area contributed by atoms with E-state index in [9.17, 15) is 17.6 Å². The summed E-state index contributed by atoms with van der Waals surface area (Å²) in [6.45, 7) is 2.11. The summed E-state index contributed by atoms with van der Waals surface area (Å²) in [5.41, 5.74) is 0.983. The van der Waals surface area contributed by atoms with Crippen molar-refractivity contribution in [3.63, 3.8) is 0 Å². The molecule has 0 aliphatic heterocycles. The first-order valence-corrected chi connectivity index (χ1v) is 7.21. The van der Waals surface area contributed by atoms with Crippen molar-refractivity contribution in [3.05, 3.63) is 62.5 Å². The van der Waals surface area contributed by atoms with Crippen molar-refractivity contribution in [1.29, 1.82) is 0 Å². The van der Waals surface area contributed by atoms with E-state index in [1.807, 2.05) is 25.1 Å². The molecule has 0 heterocycles. The van der Waals surface area contributed by atoms with Gasteiger partial charge < -0.3 is 5.32 Å². The lowest BCUT2D eigenvalue weighted by Gasteiger charge is -2.12. The number of alkyl halides is 3. The van der Waals surface area contributed by atoms with Crippen molar-refractivity contribution in [2.45, 2.75) is 19.6 Å². The molecule has 0 saturated carbocycles. The van der Waals surface area contributed by atoms with Gasteiger partial charge in [0.15, 0.2) is 0 Å². The molecule has 6 heteroatoms. The second kappa shape index (κ2) is 6.21. The highest BCUT2D eigenvalue weighted by Gasteiger charge is 2.34. The molecule has 0 bridgehead atoms. The van der Waals surface area contributed by atoms with Crippen LogP contribution in [0, 0.1) is 16.3 Å². The van der Waals surface area contributed by atoms with Gasteiger partial charge in [0, 0.05) is 15.8 Å². The van der Waals surface area contributed by atoms with E-state index in [-0.39, 0.29) is 6.54 Å². The zero-order chi connectivity index (χ0) is 15.6. The molecule has 0 aliphatic rings. The van der Waals surface area contributed by atoms with Crippen LogP contribution in [0.1, 0.15) is 16.7 Å². The SMILES string of the molecule is Cc1cc(I)ccc1NCc1ccc(F)c(C(F)(F)F)c1. The zero-order valence-electron chi connectivity index (χ0n) is 11.1. The topological polar surface area (TPSA) is 12.0 Å². The summed E-state index contributed by atoms with van der Waals surface area (Å²) < 4.78 is 52.2. The molecule has 0 saturated heterocycles. The van der Waals surface area contributed by atoms with Gasteiger partial charge >= 0.3 is 6.18 Å². The van der Waals surface area contributed by atoms with Crippen molar-refractivity contribution in [1.82, 2.24) is 0 Å². The Kier molecular flexibility index (Phi) is 4.75. The maximum absolute atomic E-state index is 13.2. The Morgan fingerprint density at radius 1 is 1.10 bits per heavy atom. The van der Waals surface area contributed by atoms with Gasteiger partial charge in [-0.2, -0.15) is 13.2 Å². The van der Waals surface area contributed by atoms with E-state index < -0.39 is 17.6 Å². The quantitative estimate of drug-likeness (QED) is 0.531. The third-order valence-electron chi connectivity index (χ3n) is 3.01. The minimum absolute atomic E-state index is 0.199. The van der Waals surface area contributed by atoms with Crippen LogP contribution in [0.4, 0.5) is 23.2 Å². The summed E-state index contributed by atoms with van der Waals surface area (Å²) in [6, 6.07) is 8.77. The van der Waals surface area contributed by atoms with Crippen molar-refractivity contribution < 1.29 is 17.6 Å². The molecule has 2 aromatic carbocycles. The number of halogens is 5. The van der Waals surface area contributed by atoms with E-state index in [1.54, 1.807) is 0 Å². The second-order valence-electron chi connectivity index (χ2n) is 4.62. The molecule has 2 rings (SSSR count). The lowest BCUT2D eigenvalue weighted by molar-refractivity contribution is -0.140. The molecular formula is C15H12F4IN. The fraction of sp³-hybridized carbons (Fsp3) is 0.200. The third-order valence-corrected chi connectivity index (χ3v) is 3.68. The second-order valence-corrected chi connectivity index (χ2v) is 5.87. The van der Waals surface area contributed by atoms with Gasteiger partial charge in [0.1, 0.15) is 5.82 Å². The summed E-state index contributed by atoms with van der Waals surface area (Å²) in [5.74, 6) is -1.25. The smallest absolute Gasteiger partial charge is 0.381 e. The number of benzene rings is 2. The van der Waals surface area contributed by atoms with Crippen LogP contribution in [-0.2, 0) is 12.7 Å². The largest absolute Gasteiger partial charge is 0.419 e. The average Bonchev–Trinajstić information content (AvgIpc) is 2.38. The minimum atomic E-state index is -4.68. The van der Waals surface area contributed by atoms with E-state index in [1.165, 1.54) is 6.07 Å². The van der Waals surface area contributed by atoms with Gasteiger partial charge in [0.05, 0.1) is 5.56 Å². The molecule has 1 nitrogen and oxygen atoms in total. The van der Waals surface area contributed by atoms with Crippen molar-refractivity contribution in [2.75, 3.05) is 5.32 Å². The molecule has 0 aromatic heterocycles. The van der Waals surface area contributed by atoms with Crippen molar-refractivity contribution in [2.24, 2.45) is 0 Å². The normalized spacial score (nSPS) is 11.5. The van der Waals surface area contributed by atoms with Gasteiger partial charge in [0.25, 0.3) is 0 Å². The summed E-state index contributed by atoms with van der Waals surface area (Å²) >= 11 is 2.18. The van der Waals surface area contributed by atoms with E-state index in [2.05, 4.69) is 27.9 Å². The average molecular weight is 409 g/mol. The van der Waals surface area contributed by atoms with Gasteiger partial charge in [0.2, 0.25) is 0 Å². The van der Waals surface area contributed by atoms with Gasteiger partial charge in [-0.3, -0.25) is 0 Å². The molecule has 2 aromatic rings. The van der Waals surface area contributed by atoms with E-state index in [0.717, 1.165) is 27.0 Å². The Bertz CT molecular complexity index is 653. The molecule has 0 atom stereocenters. The summed E-state index contributed by atoms with van der Waals surface area (Å²) in [7, 11) is 0. The van der Waals surface area contributed by atoms with Crippen LogP contribution in [-0.4, -0.2) is 0 Å². The number of nitrogens with one attached hydrogen (secondary N) is 1. The molecule has 0 radical (unpaired) electrons. The Labute approximate surface area is 133 Å². The number of hydrogen-bond donors (Lipinski definition) is 1. The van der Waals surface area contributed by atoms with Gasteiger partial charge in [-0.15, -0.1) is 0 Å². The highest BCUT2D eigenvalue weighted by Crippen LogP contribution is 2.32. The summed E-state index contributed by atoms with van der Waals surface area (Å²) in [6.07, 6.45) is -4.68. The van der Waals surface area contributed by atoms with Crippen molar-refractivity contribution in [3.8, 4) is 0 Å².